The molecule has 0 amide bonds. The predicted molar refractivity (Wildman–Crippen MR) is 83.3 cm³/mol. The number of nitrogens with one attached hydrogen (secondary N) is 1. The Balaban J connectivity index is 1.83. The Hall–Kier alpha value is -1.26. The fourth-order valence-electron chi connectivity index (χ4n) is 2.30. The first-order valence-corrected chi connectivity index (χ1v) is 7.51. The molecule has 0 aliphatic carbocycles. The van der Waals surface area contributed by atoms with Crippen LogP contribution < -0.4 is 5.32 Å². The van der Waals surface area contributed by atoms with E-state index in [1.807, 2.05) is 23.5 Å². The Kier molecular flexibility index (Phi) is 3.37. The van der Waals surface area contributed by atoms with E-state index in [-0.39, 0.29) is 0 Å². The van der Waals surface area contributed by atoms with E-state index >= 15 is 0 Å². The minimum atomic E-state index is 0.799. The minimum Gasteiger partial charge on any atom is -0.351 e. The Morgan fingerprint density at radius 2 is 2.32 bits per heavy atom. The maximum atomic E-state index is 6.06. The number of hydrogen-bond acceptors (Lipinski definition) is 4. The Morgan fingerprint density at radius 1 is 1.47 bits per heavy atom. The molecule has 3 rings (SSSR count). The SMILES string of the molecule is Cc1c(CNC2=NCCN2C)sc2ccc(Cl)cc12. The van der Waals surface area contributed by atoms with Gasteiger partial charge in [0.2, 0.25) is 0 Å². The van der Waals surface area contributed by atoms with Crippen LogP contribution in [0, 0.1) is 6.92 Å². The summed E-state index contributed by atoms with van der Waals surface area (Å²) in [7, 11) is 2.07. The maximum Gasteiger partial charge on any atom is 0.194 e. The molecule has 1 aromatic heterocycles. The fourth-order valence-corrected chi connectivity index (χ4v) is 3.60. The van der Waals surface area contributed by atoms with Crippen LogP contribution in [0.15, 0.2) is 23.2 Å². The molecule has 1 aromatic carbocycles. The average molecular weight is 294 g/mol. The van der Waals surface area contributed by atoms with Gasteiger partial charge in [-0.2, -0.15) is 0 Å². The van der Waals surface area contributed by atoms with Crippen LogP contribution in [0.5, 0.6) is 0 Å². The van der Waals surface area contributed by atoms with E-state index in [1.54, 1.807) is 0 Å². The monoisotopic (exact) mass is 293 g/mol. The number of likely N-dealkylation sites (N-methyl/N-ethyl adjacent to an activating group) is 1. The highest BCUT2D eigenvalue weighted by molar-refractivity contribution is 7.19. The molecule has 1 aliphatic rings. The highest BCUT2D eigenvalue weighted by atomic mass is 35.5. The summed E-state index contributed by atoms with van der Waals surface area (Å²) in [5, 5.41) is 5.48. The van der Waals surface area contributed by atoms with Gasteiger partial charge in [0.1, 0.15) is 0 Å². The number of halogens is 1. The normalized spacial score (nSPS) is 15.1. The molecule has 5 heteroatoms. The summed E-state index contributed by atoms with van der Waals surface area (Å²) in [6.45, 7) is 4.88. The summed E-state index contributed by atoms with van der Waals surface area (Å²) in [4.78, 5) is 7.94. The van der Waals surface area contributed by atoms with Gasteiger partial charge in [0.15, 0.2) is 5.96 Å². The third-order valence-electron chi connectivity index (χ3n) is 3.46. The standard InChI is InChI=1S/C14H16ClN3S/c1-9-11-7-10(15)3-4-12(11)19-13(9)8-17-14-16-5-6-18(14)2/h3-4,7H,5-6,8H2,1-2H3,(H,16,17). The van der Waals surface area contributed by atoms with Crippen LogP contribution in [-0.4, -0.2) is 31.0 Å². The van der Waals surface area contributed by atoms with Crippen molar-refractivity contribution in [1.29, 1.82) is 0 Å². The molecule has 0 bridgehead atoms. The molecule has 100 valence electrons. The molecular formula is C14H16ClN3S. The number of guanidine groups is 1. The van der Waals surface area contributed by atoms with Gasteiger partial charge in [0.25, 0.3) is 0 Å². The maximum absolute atomic E-state index is 6.06. The van der Waals surface area contributed by atoms with E-state index < -0.39 is 0 Å². The average Bonchev–Trinajstić information content (AvgIpc) is 2.93. The van der Waals surface area contributed by atoms with Crippen molar-refractivity contribution in [2.75, 3.05) is 20.1 Å². The molecule has 0 unspecified atom stereocenters. The molecule has 0 spiro atoms. The zero-order valence-corrected chi connectivity index (χ0v) is 12.6. The molecule has 2 heterocycles. The second-order valence-electron chi connectivity index (χ2n) is 4.77. The number of nitrogens with zero attached hydrogens (tertiary/aromatic N) is 2. The molecule has 1 N–H and O–H groups in total. The lowest BCUT2D eigenvalue weighted by atomic mass is 10.1. The van der Waals surface area contributed by atoms with Crippen LogP contribution in [0.3, 0.4) is 0 Å². The van der Waals surface area contributed by atoms with Gasteiger partial charge in [-0.05, 0) is 36.1 Å². The lowest BCUT2D eigenvalue weighted by Gasteiger charge is -2.14. The largest absolute Gasteiger partial charge is 0.351 e. The molecule has 0 saturated heterocycles. The van der Waals surface area contributed by atoms with Crippen LogP contribution in [-0.2, 0) is 6.54 Å². The molecule has 2 aromatic rings. The number of fused-ring (bicyclic) bond motifs is 1. The smallest absolute Gasteiger partial charge is 0.194 e. The molecule has 3 nitrogen and oxygen atoms in total. The first-order valence-electron chi connectivity index (χ1n) is 6.32. The predicted octanol–water partition coefficient (Wildman–Crippen LogP) is 3.25. The summed E-state index contributed by atoms with van der Waals surface area (Å²) < 4.78 is 1.29. The molecule has 0 radical (unpaired) electrons. The minimum absolute atomic E-state index is 0.799. The van der Waals surface area contributed by atoms with E-state index in [4.69, 9.17) is 11.6 Å². The van der Waals surface area contributed by atoms with Crippen LogP contribution in [0.25, 0.3) is 10.1 Å². The van der Waals surface area contributed by atoms with Gasteiger partial charge in [-0.25, -0.2) is 0 Å². The van der Waals surface area contributed by atoms with E-state index in [1.165, 1.54) is 20.5 Å². The zero-order chi connectivity index (χ0) is 13.4. The van der Waals surface area contributed by atoms with E-state index in [2.05, 4.69) is 35.2 Å². The van der Waals surface area contributed by atoms with Gasteiger partial charge in [0, 0.05) is 28.2 Å². The lowest BCUT2D eigenvalue weighted by Crippen LogP contribution is -2.34. The molecular weight excluding hydrogens is 278 g/mol. The van der Waals surface area contributed by atoms with Crippen LogP contribution in [0.4, 0.5) is 0 Å². The third-order valence-corrected chi connectivity index (χ3v) is 4.97. The van der Waals surface area contributed by atoms with Crippen molar-refractivity contribution in [3.63, 3.8) is 0 Å². The topological polar surface area (TPSA) is 27.6 Å². The summed E-state index contributed by atoms with van der Waals surface area (Å²) in [5.74, 6) is 0.995. The first-order chi connectivity index (χ1) is 9.15. The Morgan fingerprint density at radius 3 is 3.05 bits per heavy atom. The lowest BCUT2D eigenvalue weighted by molar-refractivity contribution is 0.534. The number of rotatable bonds is 2. The molecule has 0 fully saturated rings. The summed E-state index contributed by atoms with van der Waals surface area (Å²) >= 11 is 7.89. The Bertz CT molecular complexity index is 647. The summed E-state index contributed by atoms with van der Waals surface area (Å²) in [5.41, 5.74) is 1.32. The van der Waals surface area contributed by atoms with Crippen molar-refractivity contribution >= 4 is 39.0 Å². The Labute approximate surface area is 121 Å². The second-order valence-corrected chi connectivity index (χ2v) is 6.34. The summed E-state index contributed by atoms with van der Waals surface area (Å²) in [6.07, 6.45) is 0. The van der Waals surface area contributed by atoms with Crippen molar-refractivity contribution in [1.82, 2.24) is 10.2 Å². The van der Waals surface area contributed by atoms with Gasteiger partial charge >= 0.3 is 0 Å². The molecule has 0 atom stereocenters. The van der Waals surface area contributed by atoms with E-state index in [0.717, 1.165) is 30.6 Å². The fraction of sp³-hybridized carbons (Fsp3) is 0.357. The van der Waals surface area contributed by atoms with Crippen molar-refractivity contribution in [2.24, 2.45) is 4.99 Å². The van der Waals surface area contributed by atoms with Gasteiger partial charge in [-0.15, -0.1) is 11.3 Å². The van der Waals surface area contributed by atoms with Gasteiger partial charge in [0.05, 0.1) is 13.1 Å². The van der Waals surface area contributed by atoms with E-state index in [9.17, 15) is 0 Å². The first kappa shape index (κ1) is 12.8. The highest BCUT2D eigenvalue weighted by Gasteiger charge is 2.13. The summed E-state index contributed by atoms with van der Waals surface area (Å²) in [6, 6.07) is 6.09. The van der Waals surface area contributed by atoms with E-state index in [0.29, 0.717) is 0 Å². The highest BCUT2D eigenvalue weighted by Crippen LogP contribution is 2.32. The van der Waals surface area contributed by atoms with Crippen molar-refractivity contribution in [2.45, 2.75) is 13.5 Å². The molecule has 0 saturated carbocycles. The second kappa shape index (κ2) is 5.02. The zero-order valence-electron chi connectivity index (χ0n) is 11.0. The number of hydrogen-bond donors (Lipinski definition) is 1. The number of thiophene rings is 1. The number of benzene rings is 1. The third kappa shape index (κ3) is 2.42. The van der Waals surface area contributed by atoms with Crippen LogP contribution >= 0.6 is 22.9 Å². The number of aryl methyl sites for hydroxylation is 1. The van der Waals surface area contributed by atoms with Crippen LogP contribution in [0.2, 0.25) is 5.02 Å². The number of aliphatic imine (C=N–C) groups is 1. The van der Waals surface area contributed by atoms with Crippen molar-refractivity contribution < 1.29 is 0 Å². The quantitative estimate of drug-likeness (QED) is 0.920. The molecule has 19 heavy (non-hydrogen) atoms. The molecule has 1 aliphatic heterocycles. The van der Waals surface area contributed by atoms with Gasteiger partial charge in [-0.3, -0.25) is 4.99 Å². The van der Waals surface area contributed by atoms with Crippen molar-refractivity contribution in [3.8, 4) is 0 Å². The van der Waals surface area contributed by atoms with Crippen LogP contribution in [0.1, 0.15) is 10.4 Å². The van der Waals surface area contributed by atoms with Gasteiger partial charge in [-0.1, -0.05) is 11.6 Å². The van der Waals surface area contributed by atoms with Gasteiger partial charge < -0.3 is 10.2 Å². The van der Waals surface area contributed by atoms with Crippen molar-refractivity contribution in [3.05, 3.63) is 33.7 Å².